The molecule has 1 aromatic rings. The lowest BCUT2D eigenvalue weighted by atomic mass is 10.3. The van der Waals surface area contributed by atoms with E-state index < -0.39 is 5.31 Å². The number of thioether (sulfide) groups is 1. The third-order valence-corrected chi connectivity index (χ3v) is 3.26. The number of benzene rings is 1. The van der Waals surface area contributed by atoms with Gasteiger partial charge in [0.05, 0.1) is 12.3 Å². The van der Waals surface area contributed by atoms with Crippen LogP contribution in [0.5, 0.6) is 0 Å². The molecule has 82 valence electrons. The van der Waals surface area contributed by atoms with Crippen LogP contribution < -0.4 is 5.32 Å². The predicted octanol–water partition coefficient (Wildman–Crippen LogP) is 3.60. The van der Waals surface area contributed by atoms with E-state index in [2.05, 4.69) is 12.2 Å². The molecule has 2 rings (SSSR count). The number of alkyl halides is 1. The van der Waals surface area contributed by atoms with E-state index in [1.165, 1.54) is 0 Å². The number of fused-ring (bicyclic) bond motifs is 1. The minimum Gasteiger partial charge on any atom is -0.320 e. The van der Waals surface area contributed by atoms with E-state index in [1.807, 2.05) is 24.3 Å². The van der Waals surface area contributed by atoms with Crippen LogP contribution in [0.2, 0.25) is 0 Å². The molecule has 2 nitrogen and oxygen atoms in total. The molecule has 0 aromatic heterocycles. The van der Waals surface area contributed by atoms with Gasteiger partial charge in [0, 0.05) is 4.90 Å². The van der Waals surface area contributed by atoms with Crippen LogP contribution in [0.4, 0.5) is 10.1 Å². The predicted molar refractivity (Wildman–Crippen MR) is 60.6 cm³/mol. The van der Waals surface area contributed by atoms with Crippen molar-refractivity contribution < 1.29 is 9.13 Å². The lowest BCUT2D eigenvalue weighted by Gasteiger charge is -2.19. The summed E-state index contributed by atoms with van der Waals surface area (Å²) in [5, 5.41) is 0.965. The second kappa shape index (κ2) is 4.41. The van der Waals surface area contributed by atoms with Gasteiger partial charge in [-0.05, 0) is 30.3 Å². The molecule has 1 heterocycles. The van der Waals surface area contributed by atoms with Crippen LogP contribution in [0.25, 0.3) is 0 Å². The molecule has 1 N–H and O–H groups in total. The lowest BCUT2D eigenvalue weighted by Crippen LogP contribution is -2.29. The number of hydrogen-bond acceptors (Lipinski definition) is 3. The van der Waals surface area contributed by atoms with Gasteiger partial charge in [0.1, 0.15) is 0 Å². The van der Waals surface area contributed by atoms with Gasteiger partial charge in [0.25, 0.3) is 0 Å². The van der Waals surface area contributed by atoms with Crippen molar-refractivity contribution in [2.24, 2.45) is 0 Å². The number of anilines is 1. The summed E-state index contributed by atoms with van der Waals surface area (Å²) in [7, 11) is 0. The second-order valence-corrected chi connectivity index (χ2v) is 4.63. The SMILES string of the molecule is CCCCOC1(F)Nc2ccccc2S1. The quantitative estimate of drug-likeness (QED) is 0.627. The van der Waals surface area contributed by atoms with E-state index in [0.29, 0.717) is 6.61 Å². The molecule has 0 bridgehead atoms. The Hall–Kier alpha value is -0.740. The number of unbranched alkanes of at least 4 members (excludes halogenated alkanes) is 1. The monoisotopic (exact) mass is 227 g/mol. The maximum Gasteiger partial charge on any atom is 0.344 e. The van der Waals surface area contributed by atoms with Crippen LogP contribution in [-0.4, -0.2) is 11.9 Å². The Kier molecular flexibility index (Phi) is 3.17. The van der Waals surface area contributed by atoms with Gasteiger partial charge in [0.2, 0.25) is 0 Å². The summed E-state index contributed by atoms with van der Waals surface area (Å²) < 4.78 is 19.3. The molecule has 1 aliphatic rings. The number of ether oxygens (including phenoxy) is 1. The summed E-state index contributed by atoms with van der Waals surface area (Å²) in [5.74, 6) is 0. The van der Waals surface area contributed by atoms with Crippen molar-refractivity contribution in [3.05, 3.63) is 24.3 Å². The lowest BCUT2D eigenvalue weighted by molar-refractivity contribution is -0.0469. The molecule has 0 radical (unpaired) electrons. The number of nitrogens with one attached hydrogen (secondary N) is 1. The largest absolute Gasteiger partial charge is 0.344 e. The normalized spacial score (nSPS) is 23.6. The van der Waals surface area contributed by atoms with Gasteiger partial charge in [-0.2, -0.15) is 4.39 Å². The Morgan fingerprint density at radius 3 is 3.00 bits per heavy atom. The molecule has 1 atom stereocenters. The van der Waals surface area contributed by atoms with Gasteiger partial charge in [-0.15, -0.1) is 0 Å². The standard InChI is InChI=1S/C11H14FNOS/c1-2-3-8-14-11(12)13-9-6-4-5-7-10(9)15-11/h4-7,13H,2-3,8H2,1H3. The molecular weight excluding hydrogens is 213 g/mol. The molecule has 1 unspecified atom stereocenters. The van der Waals surface area contributed by atoms with E-state index in [4.69, 9.17) is 4.74 Å². The van der Waals surface area contributed by atoms with Gasteiger partial charge >= 0.3 is 5.31 Å². The zero-order valence-electron chi connectivity index (χ0n) is 8.63. The maximum absolute atomic E-state index is 14.1. The highest BCUT2D eigenvalue weighted by Gasteiger charge is 2.38. The van der Waals surface area contributed by atoms with Crippen molar-refractivity contribution in [2.75, 3.05) is 11.9 Å². The van der Waals surface area contributed by atoms with Crippen molar-refractivity contribution in [1.82, 2.24) is 0 Å². The van der Waals surface area contributed by atoms with E-state index >= 15 is 0 Å². The Labute approximate surface area is 93.2 Å². The minimum absolute atomic E-state index is 0.445. The van der Waals surface area contributed by atoms with Crippen molar-refractivity contribution in [3.63, 3.8) is 0 Å². The first-order chi connectivity index (χ1) is 7.23. The summed E-state index contributed by atoms with van der Waals surface area (Å²) >= 11 is 1.09. The van der Waals surface area contributed by atoms with Crippen LogP contribution in [0.15, 0.2) is 29.2 Å². The van der Waals surface area contributed by atoms with Crippen molar-refractivity contribution >= 4 is 17.4 Å². The molecule has 0 saturated carbocycles. The molecule has 1 aliphatic heterocycles. The van der Waals surface area contributed by atoms with Gasteiger partial charge in [-0.3, -0.25) is 0 Å². The second-order valence-electron chi connectivity index (χ2n) is 3.46. The average Bonchev–Trinajstić information content (AvgIpc) is 2.54. The molecule has 0 aliphatic carbocycles. The third kappa shape index (κ3) is 2.44. The van der Waals surface area contributed by atoms with Gasteiger partial charge < -0.3 is 10.1 Å². The van der Waals surface area contributed by atoms with E-state index in [1.54, 1.807) is 0 Å². The van der Waals surface area contributed by atoms with E-state index in [-0.39, 0.29) is 0 Å². The van der Waals surface area contributed by atoms with Crippen molar-refractivity contribution in [2.45, 2.75) is 30.0 Å². The molecule has 0 fully saturated rings. The van der Waals surface area contributed by atoms with Gasteiger partial charge in [0.15, 0.2) is 0 Å². The number of rotatable bonds is 4. The van der Waals surface area contributed by atoms with Crippen molar-refractivity contribution in [3.8, 4) is 0 Å². The molecule has 0 amide bonds. The summed E-state index contributed by atoms with van der Waals surface area (Å²) in [6.45, 7) is 2.50. The smallest absolute Gasteiger partial charge is 0.320 e. The Morgan fingerprint density at radius 1 is 1.47 bits per heavy atom. The molecule has 15 heavy (non-hydrogen) atoms. The minimum atomic E-state index is -1.78. The molecule has 0 spiro atoms. The molecule has 0 saturated heterocycles. The highest BCUT2D eigenvalue weighted by Crippen LogP contribution is 2.46. The first kappa shape index (κ1) is 10.8. The van der Waals surface area contributed by atoms with Crippen LogP contribution in [0.3, 0.4) is 0 Å². The van der Waals surface area contributed by atoms with Crippen molar-refractivity contribution in [1.29, 1.82) is 0 Å². The molecule has 1 aromatic carbocycles. The summed E-state index contributed by atoms with van der Waals surface area (Å²) in [5.41, 5.74) is 0.807. The highest BCUT2D eigenvalue weighted by molar-refractivity contribution is 8.01. The topological polar surface area (TPSA) is 21.3 Å². The number of para-hydroxylation sites is 1. The van der Waals surface area contributed by atoms with Crippen LogP contribution in [-0.2, 0) is 4.74 Å². The van der Waals surface area contributed by atoms with Crippen LogP contribution in [0, 0.1) is 0 Å². The summed E-state index contributed by atoms with van der Waals surface area (Å²) in [6, 6.07) is 7.51. The molecular formula is C11H14FNOS. The Bertz CT molecular complexity index is 320. The average molecular weight is 227 g/mol. The maximum atomic E-state index is 14.1. The third-order valence-electron chi connectivity index (χ3n) is 2.20. The zero-order chi connectivity index (χ0) is 10.7. The first-order valence-electron chi connectivity index (χ1n) is 5.12. The number of halogens is 1. The Morgan fingerprint density at radius 2 is 2.27 bits per heavy atom. The summed E-state index contributed by atoms with van der Waals surface area (Å²) in [4.78, 5) is 0.900. The first-order valence-corrected chi connectivity index (χ1v) is 5.94. The number of hydrogen-bond donors (Lipinski definition) is 1. The Balaban J connectivity index is 1.98. The summed E-state index contributed by atoms with van der Waals surface area (Å²) in [6.07, 6.45) is 1.89. The fraction of sp³-hybridized carbons (Fsp3) is 0.455. The molecule has 4 heteroatoms. The highest BCUT2D eigenvalue weighted by atomic mass is 32.2. The van der Waals surface area contributed by atoms with Gasteiger partial charge in [-0.25, -0.2) is 0 Å². The fourth-order valence-corrected chi connectivity index (χ4v) is 2.36. The van der Waals surface area contributed by atoms with Gasteiger partial charge in [-0.1, -0.05) is 25.5 Å². The van der Waals surface area contributed by atoms with Crippen LogP contribution in [0.1, 0.15) is 19.8 Å². The van der Waals surface area contributed by atoms with E-state index in [9.17, 15) is 4.39 Å². The fourth-order valence-electron chi connectivity index (χ4n) is 1.40. The zero-order valence-corrected chi connectivity index (χ0v) is 9.44. The van der Waals surface area contributed by atoms with E-state index in [0.717, 1.165) is 35.2 Å². The van der Waals surface area contributed by atoms with Crippen LogP contribution >= 0.6 is 11.8 Å².